The van der Waals surface area contributed by atoms with Crippen LogP contribution in [0.25, 0.3) is 11.0 Å². The van der Waals surface area contributed by atoms with Gasteiger partial charge in [-0.25, -0.2) is 14.4 Å². The third-order valence-corrected chi connectivity index (χ3v) is 7.41. The summed E-state index contributed by atoms with van der Waals surface area (Å²) in [6.45, 7) is 10.8. The monoisotopic (exact) mass is 544 g/mol. The first-order chi connectivity index (χ1) is 19.0. The molecular weight excluding hydrogens is 507 g/mol. The number of amides is 1. The van der Waals surface area contributed by atoms with Gasteiger partial charge in [0.1, 0.15) is 23.1 Å². The third-order valence-electron chi connectivity index (χ3n) is 7.41. The van der Waals surface area contributed by atoms with Gasteiger partial charge in [-0.15, -0.1) is 0 Å². The Morgan fingerprint density at radius 3 is 2.58 bits per heavy atom. The van der Waals surface area contributed by atoms with Crippen LogP contribution in [-0.2, 0) is 17.3 Å². The molecule has 0 saturated carbocycles. The van der Waals surface area contributed by atoms with Gasteiger partial charge < -0.3 is 19.9 Å². The summed E-state index contributed by atoms with van der Waals surface area (Å²) < 4.78 is 22.6. The van der Waals surface area contributed by atoms with E-state index in [2.05, 4.69) is 48.2 Å². The van der Waals surface area contributed by atoms with Gasteiger partial charge in [0.15, 0.2) is 0 Å². The SMILES string of the molecule is CC1CCN(CC(=O)Nc2cc(Oc3ccc4c(c3)nc(Nc3cc(C(C)(C)C)ccc3F)n4C)ccn2)CC1. The Balaban J connectivity index is 1.28. The minimum Gasteiger partial charge on any atom is -0.457 e. The van der Waals surface area contributed by atoms with Crippen LogP contribution in [0.4, 0.5) is 21.8 Å². The number of pyridine rings is 1. The number of piperidine rings is 1. The minimum absolute atomic E-state index is 0.0846. The van der Waals surface area contributed by atoms with E-state index in [0.717, 1.165) is 42.9 Å². The second-order valence-electron chi connectivity index (χ2n) is 11.7. The summed E-state index contributed by atoms with van der Waals surface area (Å²) in [5.41, 5.74) is 2.87. The van der Waals surface area contributed by atoms with Crippen LogP contribution in [0.1, 0.15) is 46.1 Å². The highest BCUT2D eigenvalue weighted by atomic mass is 19.1. The molecule has 8 nitrogen and oxygen atoms in total. The molecule has 0 unspecified atom stereocenters. The molecule has 2 aromatic heterocycles. The van der Waals surface area contributed by atoms with Crippen molar-refractivity contribution >= 4 is 34.4 Å². The van der Waals surface area contributed by atoms with Gasteiger partial charge in [0.25, 0.3) is 0 Å². The Kier molecular flexibility index (Phi) is 7.76. The van der Waals surface area contributed by atoms with Crippen molar-refractivity contribution in [3.05, 3.63) is 66.1 Å². The number of aryl methyl sites for hydroxylation is 1. The van der Waals surface area contributed by atoms with E-state index in [-0.39, 0.29) is 17.1 Å². The maximum Gasteiger partial charge on any atom is 0.239 e. The van der Waals surface area contributed by atoms with Crippen molar-refractivity contribution in [3.8, 4) is 11.5 Å². The van der Waals surface area contributed by atoms with Crippen molar-refractivity contribution in [2.75, 3.05) is 30.3 Å². The zero-order valence-corrected chi connectivity index (χ0v) is 23.8. The van der Waals surface area contributed by atoms with E-state index in [1.807, 2.05) is 41.9 Å². The van der Waals surface area contributed by atoms with Crippen LogP contribution in [0.2, 0.25) is 0 Å². The number of carbonyl (C=O) groups excluding carboxylic acids is 1. The van der Waals surface area contributed by atoms with E-state index < -0.39 is 0 Å². The number of imidazole rings is 1. The molecule has 2 aromatic carbocycles. The number of fused-ring (bicyclic) bond motifs is 1. The quantitative estimate of drug-likeness (QED) is 0.272. The Morgan fingerprint density at radius 2 is 1.82 bits per heavy atom. The van der Waals surface area contributed by atoms with Gasteiger partial charge in [-0.1, -0.05) is 33.8 Å². The second kappa shape index (κ2) is 11.3. The molecule has 0 bridgehead atoms. The molecule has 1 aliphatic heterocycles. The zero-order chi connectivity index (χ0) is 28.4. The molecule has 210 valence electrons. The number of hydrogen-bond acceptors (Lipinski definition) is 6. The highest BCUT2D eigenvalue weighted by molar-refractivity contribution is 5.91. The summed E-state index contributed by atoms with van der Waals surface area (Å²) in [6, 6.07) is 14.2. The highest BCUT2D eigenvalue weighted by Gasteiger charge is 2.19. The molecule has 0 atom stereocenters. The van der Waals surface area contributed by atoms with Crippen LogP contribution < -0.4 is 15.4 Å². The minimum atomic E-state index is -0.338. The molecule has 5 rings (SSSR count). The molecule has 0 aliphatic carbocycles. The van der Waals surface area contributed by atoms with Crippen molar-refractivity contribution in [2.24, 2.45) is 13.0 Å². The number of nitrogens with zero attached hydrogens (tertiary/aromatic N) is 4. The summed E-state index contributed by atoms with van der Waals surface area (Å²) in [4.78, 5) is 23.7. The topological polar surface area (TPSA) is 84.3 Å². The third kappa shape index (κ3) is 6.42. The summed E-state index contributed by atoms with van der Waals surface area (Å²) in [7, 11) is 1.88. The van der Waals surface area contributed by atoms with Crippen LogP contribution >= 0.6 is 0 Å². The number of anilines is 3. The summed E-state index contributed by atoms with van der Waals surface area (Å²) in [6.07, 6.45) is 3.84. The van der Waals surface area contributed by atoms with E-state index in [9.17, 15) is 9.18 Å². The molecule has 1 saturated heterocycles. The highest BCUT2D eigenvalue weighted by Crippen LogP contribution is 2.31. The molecule has 40 heavy (non-hydrogen) atoms. The molecule has 9 heteroatoms. The van der Waals surface area contributed by atoms with Gasteiger partial charge in [0, 0.05) is 25.4 Å². The molecule has 0 radical (unpaired) electrons. The van der Waals surface area contributed by atoms with Crippen molar-refractivity contribution in [1.29, 1.82) is 0 Å². The van der Waals surface area contributed by atoms with Crippen LogP contribution in [-0.4, -0.2) is 45.0 Å². The van der Waals surface area contributed by atoms with Crippen LogP contribution in [0, 0.1) is 11.7 Å². The van der Waals surface area contributed by atoms with Crippen LogP contribution in [0.15, 0.2) is 54.7 Å². The van der Waals surface area contributed by atoms with Gasteiger partial charge >= 0.3 is 0 Å². The summed E-state index contributed by atoms with van der Waals surface area (Å²) in [5, 5.41) is 6.03. The fourth-order valence-electron chi connectivity index (χ4n) is 4.85. The first-order valence-electron chi connectivity index (χ1n) is 13.7. The van der Waals surface area contributed by atoms with Crippen molar-refractivity contribution in [2.45, 2.75) is 46.0 Å². The number of nitrogens with one attached hydrogen (secondary N) is 2. The fraction of sp³-hybridized carbons (Fsp3) is 0.387. The normalized spacial score (nSPS) is 14.8. The van der Waals surface area contributed by atoms with E-state index in [0.29, 0.717) is 41.0 Å². The van der Waals surface area contributed by atoms with E-state index >= 15 is 0 Å². The number of carbonyl (C=O) groups is 1. The summed E-state index contributed by atoms with van der Waals surface area (Å²) in [5.74, 6) is 2.40. The van der Waals surface area contributed by atoms with E-state index in [4.69, 9.17) is 9.72 Å². The largest absolute Gasteiger partial charge is 0.457 e. The van der Waals surface area contributed by atoms with Crippen molar-refractivity contribution in [3.63, 3.8) is 0 Å². The molecule has 2 N–H and O–H groups in total. The number of benzene rings is 2. The average Bonchev–Trinajstić information content (AvgIpc) is 3.20. The second-order valence-corrected chi connectivity index (χ2v) is 11.7. The Morgan fingerprint density at radius 1 is 1.07 bits per heavy atom. The van der Waals surface area contributed by atoms with Crippen molar-refractivity contribution < 1.29 is 13.9 Å². The first-order valence-corrected chi connectivity index (χ1v) is 13.7. The lowest BCUT2D eigenvalue weighted by Crippen LogP contribution is -2.38. The lowest BCUT2D eigenvalue weighted by molar-refractivity contribution is -0.117. The standard InChI is InChI=1S/C31H37FN6O2/c1-20-11-14-38(15-12-20)19-29(39)36-28-18-23(10-13-33-28)40-22-7-9-27-26(17-22)35-30(37(27)5)34-25-16-21(31(2,3)4)6-8-24(25)32/h6-10,13,16-18,20H,11-12,14-15,19H2,1-5H3,(H,34,35)(H,33,36,39). The maximum atomic E-state index is 14.6. The smallest absolute Gasteiger partial charge is 0.239 e. The average molecular weight is 545 g/mol. The van der Waals surface area contributed by atoms with Gasteiger partial charge in [0.05, 0.1) is 23.3 Å². The molecule has 1 fully saturated rings. The van der Waals surface area contributed by atoms with E-state index in [1.54, 1.807) is 18.3 Å². The van der Waals surface area contributed by atoms with Crippen LogP contribution in [0.5, 0.6) is 11.5 Å². The summed E-state index contributed by atoms with van der Waals surface area (Å²) >= 11 is 0. The molecule has 1 amide bonds. The number of aromatic nitrogens is 3. The molecular formula is C31H37FN6O2. The lowest BCUT2D eigenvalue weighted by Gasteiger charge is -2.29. The predicted octanol–water partition coefficient (Wildman–Crippen LogP) is 6.61. The Bertz CT molecular complexity index is 1520. The number of rotatable bonds is 7. The Hall–Kier alpha value is -3.98. The van der Waals surface area contributed by atoms with Gasteiger partial charge in [0.2, 0.25) is 11.9 Å². The molecule has 1 aliphatic rings. The molecule has 3 heterocycles. The maximum absolute atomic E-state index is 14.6. The van der Waals surface area contributed by atoms with Gasteiger partial charge in [-0.3, -0.25) is 9.69 Å². The number of halogens is 1. The molecule has 4 aromatic rings. The van der Waals surface area contributed by atoms with Gasteiger partial charge in [-0.05, 0) is 73.2 Å². The number of likely N-dealkylation sites (tertiary alicyclic amines) is 1. The van der Waals surface area contributed by atoms with Crippen LogP contribution in [0.3, 0.4) is 0 Å². The number of hydrogen-bond donors (Lipinski definition) is 2. The van der Waals surface area contributed by atoms with E-state index in [1.165, 1.54) is 6.07 Å². The number of ether oxygens (including phenoxy) is 1. The first kappa shape index (κ1) is 27.6. The fourth-order valence-corrected chi connectivity index (χ4v) is 4.85. The predicted molar refractivity (Wildman–Crippen MR) is 157 cm³/mol. The van der Waals surface area contributed by atoms with Gasteiger partial charge in [-0.2, -0.15) is 0 Å². The van der Waals surface area contributed by atoms with Crippen molar-refractivity contribution in [1.82, 2.24) is 19.4 Å². The lowest BCUT2D eigenvalue weighted by atomic mass is 9.87. The molecule has 0 spiro atoms. The Labute approximate surface area is 234 Å². The zero-order valence-electron chi connectivity index (χ0n) is 23.8.